The maximum atomic E-state index is 11.8. The number of nitrogens with zero attached hydrogens (tertiary/aromatic N) is 1. The van der Waals surface area contributed by atoms with Crippen LogP contribution >= 0.6 is 0 Å². The molecule has 104 valence electrons. The van der Waals surface area contributed by atoms with E-state index in [0.29, 0.717) is 6.54 Å². The van der Waals surface area contributed by atoms with Crippen LogP contribution in [0.2, 0.25) is 0 Å². The van der Waals surface area contributed by atoms with E-state index in [2.05, 4.69) is 0 Å². The molecule has 1 aromatic carbocycles. The second kappa shape index (κ2) is 6.38. The van der Waals surface area contributed by atoms with Crippen molar-refractivity contribution in [3.05, 3.63) is 35.9 Å². The average molecular weight is 263 g/mol. The molecule has 0 spiro atoms. The first-order valence-electron chi connectivity index (χ1n) is 6.11. The average Bonchev–Trinajstić information content (AvgIpc) is 2.34. The molecule has 19 heavy (non-hydrogen) atoms. The molecule has 0 radical (unpaired) electrons. The summed E-state index contributed by atoms with van der Waals surface area (Å²) in [6.07, 6.45) is 3.23. The Morgan fingerprint density at radius 3 is 2.42 bits per heavy atom. The Morgan fingerprint density at radius 1 is 1.37 bits per heavy atom. The van der Waals surface area contributed by atoms with Gasteiger partial charge in [0, 0.05) is 19.7 Å². The highest BCUT2D eigenvalue weighted by Crippen LogP contribution is 2.12. The number of likely N-dealkylation sites (N-methyl/N-ethyl adjacent to an activating group) is 1. The molecule has 1 rings (SSSR count). The minimum Gasteiger partial charge on any atom is -0.497 e. The third kappa shape index (κ3) is 5.57. The summed E-state index contributed by atoms with van der Waals surface area (Å²) < 4.78 is 5.06. The molecule has 0 fully saturated rings. The molecule has 0 saturated heterocycles. The van der Waals surface area contributed by atoms with Gasteiger partial charge in [0.1, 0.15) is 5.75 Å². The summed E-state index contributed by atoms with van der Waals surface area (Å²) in [6, 6.07) is 7.42. The highest BCUT2D eigenvalue weighted by atomic mass is 16.5. The molecular weight excluding hydrogens is 242 g/mol. The van der Waals surface area contributed by atoms with Crippen molar-refractivity contribution in [3.63, 3.8) is 0 Å². The van der Waals surface area contributed by atoms with Gasteiger partial charge in [-0.2, -0.15) is 0 Å². The molecule has 0 unspecified atom stereocenters. The summed E-state index contributed by atoms with van der Waals surface area (Å²) in [7, 11) is 3.28. The lowest BCUT2D eigenvalue weighted by molar-refractivity contribution is -0.127. The van der Waals surface area contributed by atoms with Gasteiger partial charge >= 0.3 is 0 Å². The van der Waals surface area contributed by atoms with Crippen LogP contribution in [0.4, 0.5) is 0 Å². The lowest BCUT2D eigenvalue weighted by atomic mass is 10.1. The van der Waals surface area contributed by atoms with E-state index < -0.39 is 5.60 Å². The molecule has 0 aliphatic rings. The molecule has 0 atom stereocenters. The van der Waals surface area contributed by atoms with Gasteiger partial charge in [-0.3, -0.25) is 4.79 Å². The summed E-state index contributed by atoms with van der Waals surface area (Å²) in [6.45, 7) is 3.63. The largest absolute Gasteiger partial charge is 0.497 e. The molecule has 1 aromatic rings. The monoisotopic (exact) mass is 263 g/mol. The fraction of sp³-hybridized carbons (Fsp3) is 0.400. The summed E-state index contributed by atoms with van der Waals surface area (Å²) in [4.78, 5) is 13.3. The predicted molar refractivity (Wildman–Crippen MR) is 76.0 cm³/mol. The van der Waals surface area contributed by atoms with Crippen molar-refractivity contribution in [1.82, 2.24) is 4.90 Å². The van der Waals surface area contributed by atoms with Crippen LogP contribution in [-0.2, 0) is 4.79 Å². The van der Waals surface area contributed by atoms with Gasteiger partial charge in [0.05, 0.1) is 12.7 Å². The second-order valence-corrected chi connectivity index (χ2v) is 5.11. The summed E-state index contributed by atoms with van der Waals surface area (Å²) in [5.41, 5.74) is 0.0315. The normalized spacial score (nSPS) is 11.6. The predicted octanol–water partition coefficient (Wildman–Crippen LogP) is 1.94. The zero-order valence-electron chi connectivity index (χ0n) is 11.9. The first-order valence-corrected chi connectivity index (χ1v) is 6.11. The number of aliphatic hydroxyl groups is 1. The van der Waals surface area contributed by atoms with Gasteiger partial charge in [0.2, 0.25) is 5.91 Å². The third-order valence-electron chi connectivity index (χ3n) is 2.53. The molecule has 0 aliphatic carbocycles. The van der Waals surface area contributed by atoms with Gasteiger partial charge in [0.15, 0.2) is 0 Å². The van der Waals surface area contributed by atoms with Crippen molar-refractivity contribution >= 4 is 12.0 Å². The smallest absolute Gasteiger partial charge is 0.246 e. The van der Waals surface area contributed by atoms with Crippen molar-refractivity contribution < 1.29 is 14.6 Å². The second-order valence-electron chi connectivity index (χ2n) is 5.11. The van der Waals surface area contributed by atoms with Crippen LogP contribution in [0.5, 0.6) is 5.75 Å². The van der Waals surface area contributed by atoms with E-state index >= 15 is 0 Å². The standard InChI is InChI=1S/C15H21NO3/c1-15(2,18)11-16(3)14(17)10-7-12-5-8-13(19-4)9-6-12/h5-10,18H,11H2,1-4H3. The summed E-state index contributed by atoms with van der Waals surface area (Å²) >= 11 is 0. The molecular formula is C15H21NO3. The highest BCUT2D eigenvalue weighted by Gasteiger charge is 2.17. The fourth-order valence-electron chi connectivity index (χ4n) is 1.67. The van der Waals surface area contributed by atoms with Crippen molar-refractivity contribution in [2.45, 2.75) is 19.4 Å². The molecule has 0 heterocycles. The Morgan fingerprint density at radius 2 is 1.95 bits per heavy atom. The van der Waals surface area contributed by atoms with Crippen LogP contribution in [-0.4, -0.2) is 42.2 Å². The van der Waals surface area contributed by atoms with E-state index in [0.717, 1.165) is 11.3 Å². The molecule has 4 heteroatoms. The zero-order chi connectivity index (χ0) is 14.5. The molecule has 1 amide bonds. The van der Waals surface area contributed by atoms with Gasteiger partial charge in [-0.15, -0.1) is 0 Å². The first-order chi connectivity index (χ1) is 8.81. The summed E-state index contributed by atoms with van der Waals surface area (Å²) in [5.74, 6) is 0.639. The van der Waals surface area contributed by atoms with Crippen LogP contribution in [0.3, 0.4) is 0 Å². The molecule has 1 N–H and O–H groups in total. The van der Waals surface area contributed by atoms with E-state index in [1.54, 1.807) is 34.1 Å². The van der Waals surface area contributed by atoms with E-state index in [-0.39, 0.29) is 5.91 Å². The number of carbonyl (C=O) groups is 1. The maximum Gasteiger partial charge on any atom is 0.246 e. The summed E-state index contributed by atoms with van der Waals surface area (Å²) in [5, 5.41) is 9.65. The quantitative estimate of drug-likeness (QED) is 0.826. The van der Waals surface area contributed by atoms with Crippen LogP contribution in [0.15, 0.2) is 30.3 Å². The molecule has 4 nitrogen and oxygen atoms in total. The SMILES string of the molecule is COc1ccc(C=CC(=O)N(C)CC(C)(C)O)cc1. The third-order valence-corrected chi connectivity index (χ3v) is 2.53. The number of carbonyl (C=O) groups excluding carboxylic acids is 1. The van der Waals surface area contributed by atoms with Crippen LogP contribution in [0.25, 0.3) is 6.08 Å². The van der Waals surface area contributed by atoms with E-state index in [1.165, 1.54) is 11.0 Å². The highest BCUT2D eigenvalue weighted by molar-refractivity contribution is 5.91. The van der Waals surface area contributed by atoms with Crippen molar-refractivity contribution in [2.24, 2.45) is 0 Å². The Kier molecular flexibility index (Phi) is 5.12. The Labute approximate surface area is 114 Å². The minimum atomic E-state index is -0.891. The Bertz CT molecular complexity index is 443. The minimum absolute atomic E-state index is 0.141. The fourth-order valence-corrected chi connectivity index (χ4v) is 1.67. The van der Waals surface area contributed by atoms with Crippen molar-refractivity contribution in [3.8, 4) is 5.75 Å². The number of benzene rings is 1. The van der Waals surface area contributed by atoms with Gasteiger partial charge in [-0.05, 0) is 37.6 Å². The van der Waals surface area contributed by atoms with Crippen LogP contribution in [0, 0.1) is 0 Å². The van der Waals surface area contributed by atoms with E-state index in [4.69, 9.17) is 4.74 Å². The van der Waals surface area contributed by atoms with Gasteiger partial charge in [0.25, 0.3) is 0 Å². The van der Waals surface area contributed by atoms with E-state index in [9.17, 15) is 9.90 Å². The lowest BCUT2D eigenvalue weighted by Gasteiger charge is -2.24. The van der Waals surface area contributed by atoms with Gasteiger partial charge < -0.3 is 14.7 Å². The molecule has 0 bridgehead atoms. The number of ether oxygens (including phenoxy) is 1. The number of amides is 1. The maximum absolute atomic E-state index is 11.8. The lowest BCUT2D eigenvalue weighted by Crippen LogP contribution is -2.38. The van der Waals surface area contributed by atoms with Crippen molar-refractivity contribution in [2.75, 3.05) is 20.7 Å². The Hall–Kier alpha value is -1.81. The number of rotatable bonds is 5. The van der Waals surface area contributed by atoms with Crippen LogP contribution < -0.4 is 4.74 Å². The Balaban J connectivity index is 2.62. The van der Waals surface area contributed by atoms with Crippen molar-refractivity contribution in [1.29, 1.82) is 0 Å². The molecule has 0 saturated carbocycles. The van der Waals surface area contributed by atoms with E-state index in [1.807, 2.05) is 24.3 Å². The van der Waals surface area contributed by atoms with Gasteiger partial charge in [-0.25, -0.2) is 0 Å². The number of hydrogen-bond donors (Lipinski definition) is 1. The molecule has 0 aliphatic heterocycles. The van der Waals surface area contributed by atoms with Crippen LogP contribution in [0.1, 0.15) is 19.4 Å². The number of methoxy groups -OCH3 is 1. The topological polar surface area (TPSA) is 49.8 Å². The molecule has 0 aromatic heterocycles. The number of hydrogen-bond acceptors (Lipinski definition) is 3. The van der Waals surface area contributed by atoms with Gasteiger partial charge in [-0.1, -0.05) is 12.1 Å². The first kappa shape index (κ1) is 15.2. The zero-order valence-corrected chi connectivity index (χ0v) is 11.9.